The lowest BCUT2D eigenvalue weighted by Crippen LogP contribution is -2.02. The topological polar surface area (TPSA) is 18.5 Å². The van der Waals surface area contributed by atoms with Gasteiger partial charge in [-0.1, -0.05) is 29.3 Å². The first kappa shape index (κ1) is 14.8. The van der Waals surface area contributed by atoms with Crippen molar-refractivity contribution in [3.63, 3.8) is 0 Å². The fraction of sp³-hybridized carbons (Fsp3) is 0.538. The van der Waals surface area contributed by atoms with E-state index in [9.17, 15) is 0 Å². The SMILES string of the molecule is CCCCOc1c(Br)cc(CBr)cc1OCC. The first-order valence-electron chi connectivity index (χ1n) is 5.86. The highest BCUT2D eigenvalue weighted by Gasteiger charge is 2.11. The molecule has 0 radical (unpaired) electrons. The van der Waals surface area contributed by atoms with Gasteiger partial charge in [-0.15, -0.1) is 0 Å². The van der Waals surface area contributed by atoms with Crippen LogP contribution < -0.4 is 9.47 Å². The quantitative estimate of drug-likeness (QED) is 0.504. The molecule has 0 fully saturated rings. The Labute approximate surface area is 120 Å². The maximum absolute atomic E-state index is 5.77. The van der Waals surface area contributed by atoms with Crippen molar-refractivity contribution in [2.45, 2.75) is 32.0 Å². The molecule has 0 unspecified atom stereocenters. The van der Waals surface area contributed by atoms with Crippen molar-refractivity contribution in [3.05, 3.63) is 22.2 Å². The van der Waals surface area contributed by atoms with Crippen molar-refractivity contribution in [1.29, 1.82) is 0 Å². The van der Waals surface area contributed by atoms with E-state index in [4.69, 9.17) is 9.47 Å². The van der Waals surface area contributed by atoms with Gasteiger partial charge in [0.25, 0.3) is 0 Å². The minimum Gasteiger partial charge on any atom is -0.490 e. The van der Waals surface area contributed by atoms with E-state index in [1.54, 1.807) is 0 Å². The summed E-state index contributed by atoms with van der Waals surface area (Å²) in [4.78, 5) is 0. The van der Waals surface area contributed by atoms with E-state index in [0.29, 0.717) is 6.61 Å². The first-order valence-corrected chi connectivity index (χ1v) is 7.78. The minimum atomic E-state index is 0.641. The van der Waals surface area contributed by atoms with Crippen LogP contribution in [0.5, 0.6) is 11.5 Å². The maximum Gasteiger partial charge on any atom is 0.175 e. The van der Waals surface area contributed by atoms with Gasteiger partial charge in [0, 0.05) is 5.33 Å². The molecule has 0 aliphatic heterocycles. The van der Waals surface area contributed by atoms with Crippen molar-refractivity contribution in [1.82, 2.24) is 0 Å². The third-order valence-corrected chi connectivity index (χ3v) is 3.50. The number of alkyl halides is 1. The number of unbranched alkanes of at least 4 members (excludes halogenated alkanes) is 1. The standard InChI is InChI=1S/C13H18Br2O2/c1-3-5-6-17-13-11(15)7-10(9-14)8-12(13)16-4-2/h7-8H,3-6,9H2,1-2H3. The van der Waals surface area contributed by atoms with Crippen LogP contribution in [0, 0.1) is 0 Å². The zero-order valence-electron chi connectivity index (χ0n) is 10.3. The Morgan fingerprint density at radius 3 is 2.53 bits per heavy atom. The average Bonchev–Trinajstić information content (AvgIpc) is 2.32. The highest BCUT2D eigenvalue weighted by molar-refractivity contribution is 9.10. The zero-order chi connectivity index (χ0) is 12.7. The van der Waals surface area contributed by atoms with Crippen LogP contribution in [0.25, 0.3) is 0 Å². The van der Waals surface area contributed by atoms with Crippen molar-refractivity contribution < 1.29 is 9.47 Å². The van der Waals surface area contributed by atoms with E-state index < -0.39 is 0 Å². The fourth-order valence-electron chi connectivity index (χ4n) is 1.42. The molecule has 0 saturated heterocycles. The van der Waals surface area contributed by atoms with Crippen LogP contribution in [-0.2, 0) is 5.33 Å². The van der Waals surface area contributed by atoms with E-state index in [1.807, 2.05) is 13.0 Å². The van der Waals surface area contributed by atoms with Crippen molar-refractivity contribution in [2.75, 3.05) is 13.2 Å². The second-order valence-corrected chi connectivity index (χ2v) is 5.09. The molecule has 0 aromatic heterocycles. The summed E-state index contributed by atoms with van der Waals surface area (Å²) < 4.78 is 12.3. The molecule has 4 heteroatoms. The summed E-state index contributed by atoms with van der Waals surface area (Å²) in [6.45, 7) is 5.49. The van der Waals surface area contributed by atoms with Gasteiger partial charge in [0.15, 0.2) is 11.5 Å². The van der Waals surface area contributed by atoms with Gasteiger partial charge in [-0.3, -0.25) is 0 Å². The third kappa shape index (κ3) is 4.51. The Kier molecular flexibility index (Phi) is 6.97. The summed E-state index contributed by atoms with van der Waals surface area (Å²) in [5, 5.41) is 0.806. The summed E-state index contributed by atoms with van der Waals surface area (Å²) >= 11 is 6.98. The Morgan fingerprint density at radius 1 is 1.18 bits per heavy atom. The molecular formula is C13H18Br2O2. The second kappa shape index (κ2) is 7.98. The van der Waals surface area contributed by atoms with Crippen LogP contribution in [-0.4, -0.2) is 13.2 Å². The zero-order valence-corrected chi connectivity index (χ0v) is 13.4. The number of benzene rings is 1. The number of hydrogen-bond acceptors (Lipinski definition) is 2. The minimum absolute atomic E-state index is 0.641. The molecule has 2 nitrogen and oxygen atoms in total. The Morgan fingerprint density at radius 2 is 1.94 bits per heavy atom. The normalized spacial score (nSPS) is 10.4. The van der Waals surface area contributed by atoms with Crippen molar-refractivity contribution in [2.24, 2.45) is 0 Å². The molecule has 0 bridgehead atoms. The van der Waals surface area contributed by atoms with Crippen LogP contribution in [0.15, 0.2) is 16.6 Å². The Bertz CT molecular complexity index is 354. The molecule has 0 aliphatic carbocycles. The molecule has 0 N–H and O–H groups in total. The highest BCUT2D eigenvalue weighted by atomic mass is 79.9. The summed E-state index contributed by atoms with van der Waals surface area (Å²) in [5.41, 5.74) is 1.17. The van der Waals surface area contributed by atoms with E-state index >= 15 is 0 Å². The van der Waals surface area contributed by atoms with Crippen LogP contribution in [0.2, 0.25) is 0 Å². The van der Waals surface area contributed by atoms with Crippen LogP contribution >= 0.6 is 31.9 Å². The molecule has 0 atom stereocenters. The molecule has 17 heavy (non-hydrogen) atoms. The summed E-state index contributed by atoms with van der Waals surface area (Å²) in [5.74, 6) is 1.62. The maximum atomic E-state index is 5.77. The molecule has 1 aromatic rings. The number of halogens is 2. The molecule has 0 heterocycles. The largest absolute Gasteiger partial charge is 0.490 e. The molecule has 1 aromatic carbocycles. The monoisotopic (exact) mass is 364 g/mol. The molecule has 0 spiro atoms. The van der Waals surface area contributed by atoms with Crippen molar-refractivity contribution in [3.8, 4) is 11.5 Å². The molecule has 0 saturated carbocycles. The molecule has 0 amide bonds. The number of rotatable bonds is 7. The van der Waals surface area contributed by atoms with E-state index in [0.717, 1.165) is 40.8 Å². The van der Waals surface area contributed by atoms with Gasteiger partial charge in [0.05, 0.1) is 17.7 Å². The molecule has 0 aliphatic rings. The predicted octanol–water partition coefficient (Wildman–Crippen LogP) is 4.92. The van der Waals surface area contributed by atoms with Crippen molar-refractivity contribution >= 4 is 31.9 Å². The second-order valence-electron chi connectivity index (χ2n) is 3.67. The average molecular weight is 366 g/mol. The Balaban J connectivity index is 2.90. The lowest BCUT2D eigenvalue weighted by atomic mass is 10.2. The van der Waals surface area contributed by atoms with Gasteiger partial charge in [0.1, 0.15) is 0 Å². The number of hydrogen-bond donors (Lipinski definition) is 0. The van der Waals surface area contributed by atoms with Gasteiger partial charge >= 0.3 is 0 Å². The summed E-state index contributed by atoms with van der Waals surface area (Å²) in [6, 6.07) is 4.07. The molecular weight excluding hydrogens is 348 g/mol. The van der Waals surface area contributed by atoms with E-state index in [2.05, 4.69) is 44.8 Å². The van der Waals surface area contributed by atoms with Gasteiger partial charge in [-0.2, -0.15) is 0 Å². The first-order chi connectivity index (χ1) is 8.22. The predicted molar refractivity (Wildman–Crippen MR) is 78.3 cm³/mol. The summed E-state index contributed by atoms with van der Waals surface area (Å²) in [7, 11) is 0. The fourth-order valence-corrected chi connectivity index (χ4v) is 2.35. The Hall–Kier alpha value is -0.220. The van der Waals surface area contributed by atoms with Crippen LogP contribution in [0.1, 0.15) is 32.3 Å². The lowest BCUT2D eigenvalue weighted by molar-refractivity contribution is 0.271. The van der Waals surface area contributed by atoms with Crippen LogP contribution in [0.4, 0.5) is 0 Å². The lowest BCUT2D eigenvalue weighted by Gasteiger charge is -2.14. The van der Waals surface area contributed by atoms with Crippen LogP contribution in [0.3, 0.4) is 0 Å². The van der Waals surface area contributed by atoms with Gasteiger partial charge in [-0.25, -0.2) is 0 Å². The smallest absolute Gasteiger partial charge is 0.175 e. The van der Waals surface area contributed by atoms with E-state index in [1.165, 1.54) is 5.56 Å². The molecule has 1 rings (SSSR count). The van der Waals surface area contributed by atoms with Gasteiger partial charge < -0.3 is 9.47 Å². The molecule has 96 valence electrons. The summed E-state index contributed by atoms with van der Waals surface area (Å²) in [6.07, 6.45) is 2.18. The highest BCUT2D eigenvalue weighted by Crippen LogP contribution is 2.37. The van der Waals surface area contributed by atoms with Gasteiger partial charge in [0.2, 0.25) is 0 Å². The van der Waals surface area contributed by atoms with E-state index in [-0.39, 0.29) is 0 Å². The number of ether oxygens (including phenoxy) is 2. The third-order valence-electron chi connectivity index (χ3n) is 2.27. The van der Waals surface area contributed by atoms with Gasteiger partial charge in [-0.05, 0) is 47.0 Å².